The van der Waals surface area contributed by atoms with Crippen LogP contribution in [0, 0.1) is 0 Å². The molecule has 10 heteroatoms. The van der Waals surface area contributed by atoms with Gasteiger partial charge < -0.3 is 20.1 Å². The molecule has 0 radical (unpaired) electrons. The smallest absolute Gasteiger partial charge is 0.462 e. The summed E-state index contributed by atoms with van der Waals surface area (Å²) in [5.41, 5.74) is 5.33. The third kappa shape index (κ3) is 38.7. The second kappa shape index (κ2) is 38.9. The van der Waals surface area contributed by atoms with Crippen molar-refractivity contribution >= 4 is 19.8 Å². The fourth-order valence-corrected chi connectivity index (χ4v) is 5.59. The number of allylic oxidation sites excluding steroid dienone is 14. The Balaban J connectivity index is 4.35. The van der Waals surface area contributed by atoms with Gasteiger partial charge in [-0.15, -0.1) is 0 Å². The summed E-state index contributed by atoms with van der Waals surface area (Å²) in [5, 5.41) is 0. The van der Waals surface area contributed by atoms with E-state index in [1.165, 1.54) is 25.7 Å². The molecule has 53 heavy (non-hydrogen) atoms. The summed E-state index contributed by atoms with van der Waals surface area (Å²) in [7, 11) is -4.40. The summed E-state index contributed by atoms with van der Waals surface area (Å²) in [6, 6.07) is 0. The van der Waals surface area contributed by atoms with Gasteiger partial charge in [-0.25, -0.2) is 4.57 Å². The zero-order chi connectivity index (χ0) is 38.9. The number of phosphoric acid groups is 1. The molecule has 0 aromatic carbocycles. The molecule has 0 aliphatic rings. The zero-order valence-electron chi connectivity index (χ0n) is 33.0. The number of hydrogen-bond donors (Lipinski definition) is 2. The Hall–Kier alpha value is -2.81. The first-order chi connectivity index (χ1) is 25.8. The molecule has 302 valence electrons. The normalized spacial score (nSPS) is 14.3. The second-order valence-corrected chi connectivity index (χ2v) is 14.2. The first-order valence-electron chi connectivity index (χ1n) is 20.1. The van der Waals surface area contributed by atoms with E-state index >= 15 is 0 Å². The van der Waals surface area contributed by atoms with Gasteiger partial charge in [0.2, 0.25) is 0 Å². The molecule has 0 amide bonds. The van der Waals surface area contributed by atoms with E-state index in [1.807, 2.05) is 12.2 Å². The molecule has 1 unspecified atom stereocenters. The standard InChI is InChI=1S/C43H72NO8P/c1-3-5-7-9-11-13-15-17-18-19-20-21-22-24-25-27-29-31-33-35-42(45)49-39-41(40-51-53(47,48)50-38-37-44)52-43(46)36-34-32-30-28-26-23-16-14-12-10-8-6-4-2/h5,7,11,13-14,16-18,20-21,24-25,29,31,41H,3-4,6,8-10,12,15,19,22-23,26-28,30,32-40,44H2,1-2H3,(H,47,48)/b7-5+,13-11+,16-14+,18-17+,21-20+,25-24+,31-29+/t41-/m0/s1. The number of rotatable bonds is 36. The van der Waals surface area contributed by atoms with E-state index in [-0.39, 0.29) is 32.6 Å². The number of carbonyl (C=O) groups excluding carboxylic acids is 2. The molecule has 0 bridgehead atoms. The van der Waals surface area contributed by atoms with Gasteiger partial charge in [0.15, 0.2) is 6.10 Å². The Morgan fingerprint density at radius 3 is 1.62 bits per heavy atom. The average molecular weight is 762 g/mol. The van der Waals surface area contributed by atoms with Gasteiger partial charge >= 0.3 is 19.8 Å². The van der Waals surface area contributed by atoms with E-state index in [2.05, 4.69) is 86.8 Å². The van der Waals surface area contributed by atoms with Crippen LogP contribution in [0.5, 0.6) is 0 Å². The summed E-state index contributed by atoms with van der Waals surface area (Å²) in [6.07, 6.45) is 47.7. The van der Waals surface area contributed by atoms with Crippen molar-refractivity contribution < 1.29 is 37.6 Å². The lowest BCUT2D eigenvalue weighted by atomic mass is 10.1. The van der Waals surface area contributed by atoms with Crippen LogP contribution in [0.25, 0.3) is 0 Å². The van der Waals surface area contributed by atoms with Crippen molar-refractivity contribution in [2.24, 2.45) is 5.73 Å². The Kier molecular flexibility index (Phi) is 36.8. The lowest BCUT2D eigenvalue weighted by molar-refractivity contribution is -0.161. The number of esters is 2. The summed E-state index contributed by atoms with van der Waals surface area (Å²) < 4.78 is 32.6. The monoisotopic (exact) mass is 761 g/mol. The molecular formula is C43H72NO8P. The lowest BCUT2D eigenvalue weighted by Gasteiger charge is -2.19. The largest absolute Gasteiger partial charge is 0.472 e. The highest BCUT2D eigenvalue weighted by molar-refractivity contribution is 7.47. The molecule has 0 saturated heterocycles. The highest BCUT2D eigenvalue weighted by Gasteiger charge is 2.25. The van der Waals surface area contributed by atoms with Gasteiger partial charge in [0.1, 0.15) is 6.61 Å². The van der Waals surface area contributed by atoms with E-state index in [0.717, 1.165) is 77.0 Å². The summed E-state index contributed by atoms with van der Waals surface area (Å²) in [5.74, 6) is -0.947. The Morgan fingerprint density at radius 1 is 0.585 bits per heavy atom. The minimum atomic E-state index is -4.40. The van der Waals surface area contributed by atoms with Crippen molar-refractivity contribution in [2.75, 3.05) is 26.4 Å². The number of phosphoric ester groups is 1. The third-order valence-electron chi connectivity index (χ3n) is 7.78. The van der Waals surface area contributed by atoms with Gasteiger partial charge in [0.25, 0.3) is 0 Å². The maximum atomic E-state index is 12.5. The third-order valence-corrected chi connectivity index (χ3v) is 8.76. The number of unbranched alkanes of at least 4 members (excludes halogenated alkanes) is 9. The molecular weight excluding hydrogens is 689 g/mol. The van der Waals surface area contributed by atoms with Crippen LogP contribution in [0.15, 0.2) is 85.1 Å². The van der Waals surface area contributed by atoms with E-state index < -0.39 is 32.5 Å². The molecule has 9 nitrogen and oxygen atoms in total. The Morgan fingerprint density at radius 2 is 1.08 bits per heavy atom. The van der Waals surface area contributed by atoms with Crippen molar-refractivity contribution in [2.45, 2.75) is 148 Å². The topological polar surface area (TPSA) is 134 Å². The molecule has 0 aliphatic heterocycles. The molecule has 0 saturated carbocycles. The number of ether oxygens (including phenoxy) is 2. The minimum Gasteiger partial charge on any atom is -0.462 e. The molecule has 0 rings (SSSR count). The van der Waals surface area contributed by atoms with Crippen LogP contribution in [-0.4, -0.2) is 49.3 Å². The maximum Gasteiger partial charge on any atom is 0.472 e. The fourth-order valence-electron chi connectivity index (χ4n) is 4.83. The fraction of sp³-hybridized carbons (Fsp3) is 0.628. The van der Waals surface area contributed by atoms with Crippen molar-refractivity contribution in [3.8, 4) is 0 Å². The van der Waals surface area contributed by atoms with Gasteiger partial charge in [0, 0.05) is 19.4 Å². The summed E-state index contributed by atoms with van der Waals surface area (Å²) in [6.45, 7) is 3.47. The zero-order valence-corrected chi connectivity index (χ0v) is 33.9. The van der Waals surface area contributed by atoms with Gasteiger partial charge in [-0.05, 0) is 77.0 Å². The van der Waals surface area contributed by atoms with Crippen molar-refractivity contribution in [3.63, 3.8) is 0 Å². The number of nitrogens with two attached hydrogens (primary N) is 1. The predicted molar refractivity (Wildman–Crippen MR) is 219 cm³/mol. The highest BCUT2D eigenvalue weighted by Crippen LogP contribution is 2.43. The minimum absolute atomic E-state index is 0.0382. The molecule has 0 aromatic rings. The number of hydrogen-bond acceptors (Lipinski definition) is 8. The van der Waals surface area contributed by atoms with Crippen LogP contribution in [-0.2, 0) is 32.7 Å². The molecule has 2 atom stereocenters. The number of carbonyl (C=O) groups is 2. The van der Waals surface area contributed by atoms with Crippen LogP contribution in [0.2, 0.25) is 0 Å². The van der Waals surface area contributed by atoms with Crippen LogP contribution >= 0.6 is 7.82 Å². The van der Waals surface area contributed by atoms with Crippen molar-refractivity contribution in [1.82, 2.24) is 0 Å². The van der Waals surface area contributed by atoms with E-state index in [1.54, 1.807) is 0 Å². The highest BCUT2D eigenvalue weighted by atomic mass is 31.2. The second-order valence-electron chi connectivity index (χ2n) is 12.8. The SMILES string of the molecule is CC/C=C/C/C=C/C/C=C/C/C=C/C/C=C/C/C=C/CCC(=O)OC[C@@H](COP(=O)(O)OCCN)OC(=O)CCCCCCC/C=C/CCCCCC. The average Bonchev–Trinajstić information content (AvgIpc) is 3.14. The summed E-state index contributed by atoms with van der Waals surface area (Å²) >= 11 is 0. The Labute approximate surface area is 322 Å². The van der Waals surface area contributed by atoms with Crippen molar-refractivity contribution in [1.29, 1.82) is 0 Å². The van der Waals surface area contributed by atoms with E-state index in [9.17, 15) is 19.0 Å². The van der Waals surface area contributed by atoms with Crippen LogP contribution in [0.4, 0.5) is 0 Å². The molecule has 3 N–H and O–H groups in total. The van der Waals surface area contributed by atoms with Crippen LogP contribution in [0.3, 0.4) is 0 Å². The maximum absolute atomic E-state index is 12.5. The van der Waals surface area contributed by atoms with Gasteiger partial charge in [0.05, 0.1) is 13.2 Å². The van der Waals surface area contributed by atoms with Gasteiger partial charge in [-0.3, -0.25) is 18.6 Å². The van der Waals surface area contributed by atoms with E-state index in [0.29, 0.717) is 12.8 Å². The van der Waals surface area contributed by atoms with Gasteiger partial charge in [-0.1, -0.05) is 137 Å². The van der Waals surface area contributed by atoms with E-state index in [4.69, 9.17) is 24.3 Å². The lowest BCUT2D eigenvalue weighted by Crippen LogP contribution is -2.29. The molecule has 0 fully saturated rings. The van der Waals surface area contributed by atoms with Crippen LogP contribution in [0.1, 0.15) is 142 Å². The molecule has 0 heterocycles. The first-order valence-corrected chi connectivity index (χ1v) is 21.6. The Bertz CT molecular complexity index is 1140. The quantitative estimate of drug-likeness (QED) is 0.0277. The first kappa shape index (κ1) is 50.2. The van der Waals surface area contributed by atoms with Crippen molar-refractivity contribution in [3.05, 3.63) is 85.1 Å². The van der Waals surface area contributed by atoms with Gasteiger partial charge in [-0.2, -0.15) is 0 Å². The summed E-state index contributed by atoms with van der Waals surface area (Å²) in [4.78, 5) is 34.7. The van der Waals surface area contributed by atoms with Crippen LogP contribution < -0.4 is 5.73 Å². The molecule has 0 aliphatic carbocycles. The molecule has 0 aromatic heterocycles. The predicted octanol–water partition coefficient (Wildman–Crippen LogP) is 11.3. The molecule has 0 spiro atoms.